The molecule has 8 heteroatoms. The van der Waals surface area contributed by atoms with Crippen LogP contribution < -0.4 is 5.32 Å². The van der Waals surface area contributed by atoms with Gasteiger partial charge >= 0.3 is 0 Å². The normalized spacial score (nSPS) is 14.6. The molecule has 0 spiro atoms. The van der Waals surface area contributed by atoms with Gasteiger partial charge in [-0.1, -0.05) is 18.2 Å². The van der Waals surface area contributed by atoms with E-state index in [2.05, 4.69) is 20.8 Å². The number of amides is 2. The second-order valence-corrected chi connectivity index (χ2v) is 7.18. The smallest absolute Gasteiger partial charge is 0.253 e. The van der Waals surface area contributed by atoms with Gasteiger partial charge in [0.1, 0.15) is 6.33 Å². The number of carbonyl (C=O) groups is 2. The molecule has 2 amide bonds. The minimum atomic E-state index is -0.0804. The Labute approximate surface area is 168 Å². The van der Waals surface area contributed by atoms with Crippen LogP contribution in [0.2, 0.25) is 0 Å². The number of likely N-dealkylation sites (tertiary alicyclic amines) is 1. The first-order valence-corrected chi connectivity index (χ1v) is 9.61. The first-order valence-electron chi connectivity index (χ1n) is 9.61. The summed E-state index contributed by atoms with van der Waals surface area (Å²) in [5.74, 6) is -0.0774. The molecular weight excluding hydrogens is 368 g/mol. The van der Waals surface area contributed by atoms with Gasteiger partial charge in [-0.2, -0.15) is 0 Å². The minimum absolute atomic E-state index is 0.0155. The molecule has 0 saturated carbocycles. The fraction of sp³-hybridized carbons (Fsp3) is 0.286. The second-order valence-electron chi connectivity index (χ2n) is 7.18. The molecule has 1 N–H and O–H groups in total. The molecule has 148 valence electrons. The van der Waals surface area contributed by atoms with Crippen LogP contribution in [0.15, 0.2) is 54.9 Å². The van der Waals surface area contributed by atoms with Crippen LogP contribution in [0, 0.1) is 12.8 Å². The Balaban J connectivity index is 1.36. The molecule has 3 aromatic rings. The molecule has 2 heterocycles. The number of hydrogen-bond acceptors (Lipinski definition) is 5. The highest BCUT2D eigenvalue weighted by molar-refractivity contribution is 5.95. The Kier molecular flexibility index (Phi) is 5.33. The first kappa shape index (κ1) is 18.8. The highest BCUT2D eigenvalue weighted by Gasteiger charge is 2.28. The summed E-state index contributed by atoms with van der Waals surface area (Å²) in [7, 11) is 0. The zero-order valence-electron chi connectivity index (χ0n) is 16.2. The van der Waals surface area contributed by atoms with Crippen LogP contribution >= 0.6 is 0 Å². The van der Waals surface area contributed by atoms with Gasteiger partial charge in [-0.3, -0.25) is 9.59 Å². The molecule has 0 aliphatic carbocycles. The average molecular weight is 390 g/mol. The van der Waals surface area contributed by atoms with Gasteiger partial charge in [-0.25, -0.2) is 4.68 Å². The van der Waals surface area contributed by atoms with Crippen LogP contribution in [0.1, 0.15) is 28.8 Å². The highest BCUT2D eigenvalue weighted by atomic mass is 16.2. The van der Waals surface area contributed by atoms with Crippen molar-refractivity contribution in [1.82, 2.24) is 25.1 Å². The number of anilines is 1. The lowest BCUT2D eigenvalue weighted by Crippen LogP contribution is -2.41. The number of aromatic nitrogens is 4. The molecule has 0 bridgehead atoms. The molecule has 0 atom stereocenters. The number of para-hydroxylation sites is 1. The van der Waals surface area contributed by atoms with Gasteiger partial charge in [0.05, 0.1) is 5.69 Å². The van der Waals surface area contributed by atoms with E-state index in [-0.39, 0.29) is 17.7 Å². The van der Waals surface area contributed by atoms with E-state index in [4.69, 9.17) is 0 Å². The third-order valence-corrected chi connectivity index (χ3v) is 5.23. The monoisotopic (exact) mass is 390 g/mol. The summed E-state index contributed by atoms with van der Waals surface area (Å²) in [6, 6.07) is 14.9. The lowest BCUT2D eigenvalue weighted by Gasteiger charge is -2.31. The van der Waals surface area contributed by atoms with Crippen molar-refractivity contribution in [2.24, 2.45) is 5.92 Å². The number of benzene rings is 2. The number of nitrogens with one attached hydrogen (secondary N) is 1. The average Bonchev–Trinajstić information content (AvgIpc) is 3.28. The molecule has 1 fully saturated rings. The molecule has 1 aliphatic heterocycles. The number of tetrazole rings is 1. The molecule has 0 radical (unpaired) electrons. The third kappa shape index (κ3) is 4.16. The molecule has 0 unspecified atom stereocenters. The standard InChI is InChI=1S/C21H22N6O2/c1-15-13-17(7-8-19(15)27-14-22-24-25-27)21(29)26-11-9-16(10-12-26)20(28)23-18-5-3-2-4-6-18/h2-8,13-14,16H,9-12H2,1H3,(H,23,28). The van der Waals surface area contributed by atoms with Crippen LogP contribution in [0.25, 0.3) is 5.69 Å². The van der Waals surface area contributed by atoms with Crippen LogP contribution in [0.4, 0.5) is 5.69 Å². The van der Waals surface area contributed by atoms with E-state index >= 15 is 0 Å². The summed E-state index contributed by atoms with van der Waals surface area (Å²) in [6.45, 7) is 3.06. The Morgan fingerprint density at radius 1 is 1.07 bits per heavy atom. The van der Waals surface area contributed by atoms with Gasteiger partial charge in [0.2, 0.25) is 5.91 Å². The number of hydrogen-bond donors (Lipinski definition) is 1. The van der Waals surface area contributed by atoms with Crippen molar-refractivity contribution in [3.8, 4) is 5.69 Å². The van der Waals surface area contributed by atoms with Gasteiger partial charge in [0.25, 0.3) is 5.91 Å². The Morgan fingerprint density at radius 3 is 2.48 bits per heavy atom. The van der Waals surface area contributed by atoms with Crippen molar-refractivity contribution in [3.63, 3.8) is 0 Å². The maximum atomic E-state index is 12.9. The first-order chi connectivity index (χ1) is 14.1. The molecular formula is C21H22N6O2. The largest absolute Gasteiger partial charge is 0.339 e. The molecule has 8 nitrogen and oxygen atoms in total. The summed E-state index contributed by atoms with van der Waals surface area (Å²) in [5, 5.41) is 14.1. The van der Waals surface area contributed by atoms with E-state index in [1.807, 2.05) is 54.3 Å². The van der Waals surface area contributed by atoms with Gasteiger partial charge in [-0.15, -0.1) is 5.10 Å². The third-order valence-electron chi connectivity index (χ3n) is 5.23. The summed E-state index contributed by atoms with van der Waals surface area (Å²) in [4.78, 5) is 27.2. The quantitative estimate of drug-likeness (QED) is 0.739. The van der Waals surface area contributed by atoms with Gasteiger partial charge in [0, 0.05) is 30.3 Å². The number of nitrogens with zero attached hydrogens (tertiary/aromatic N) is 5. The molecule has 1 aliphatic rings. The van der Waals surface area contributed by atoms with E-state index < -0.39 is 0 Å². The molecule has 1 aromatic heterocycles. The van der Waals surface area contributed by atoms with E-state index in [9.17, 15) is 9.59 Å². The Morgan fingerprint density at radius 2 is 1.83 bits per heavy atom. The van der Waals surface area contributed by atoms with Crippen molar-refractivity contribution in [1.29, 1.82) is 0 Å². The zero-order chi connectivity index (χ0) is 20.2. The van der Waals surface area contributed by atoms with Crippen LogP contribution in [0.3, 0.4) is 0 Å². The summed E-state index contributed by atoms with van der Waals surface area (Å²) >= 11 is 0. The lowest BCUT2D eigenvalue weighted by molar-refractivity contribution is -0.121. The van der Waals surface area contributed by atoms with E-state index in [0.717, 1.165) is 16.9 Å². The number of piperidine rings is 1. The van der Waals surface area contributed by atoms with Crippen molar-refractivity contribution in [2.45, 2.75) is 19.8 Å². The van der Waals surface area contributed by atoms with Gasteiger partial charge in [0.15, 0.2) is 0 Å². The predicted octanol–water partition coefficient (Wildman–Crippen LogP) is 2.46. The van der Waals surface area contributed by atoms with E-state index in [0.29, 0.717) is 31.5 Å². The summed E-state index contributed by atoms with van der Waals surface area (Å²) in [5.41, 5.74) is 3.18. The SMILES string of the molecule is Cc1cc(C(=O)N2CCC(C(=O)Nc3ccccc3)CC2)ccc1-n1cnnn1. The number of rotatable bonds is 4. The lowest BCUT2D eigenvalue weighted by atomic mass is 9.95. The van der Waals surface area contributed by atoms with Crippen LogP contribution in [-0.2, 0) is 4.79 Å². The zero-order valence-corrected chi connectivity index (χ0v) is 16.2. The topological polar surface area (TPSA) is 93.0 Å². The van der Waals surface area contributed by atoms with Crippen molar-refractivity contribution in [3.05, 3.63) is 66.0 Å². The molecule has 2 aromatic carbocycles. The van der Waals surface area contributed by atoms with Crippen LogP contribution in [0.5, 0.6) is 0 Å². The van der Waals surface area contributed by atoms with Crippen molar-refractivity contribution in [2.75, 3.05) is 18.4 Å². The molecule has 1 saturated heterocycles. The predicted molar refractivity (Wildman–Crippen MR) is 108 cm³/mol. The number of carbonyl (C=O) groups excluding carboxylic acids is 2. The van der Waals surface area contributed by atoms with Gasteiger partial charge < -0.3 is 10.2 Å². The van der Waals surface area contributed by atoms with E-state index in [1.165, 1.54) is 6.33 Å². The Hall–Kier alpha value is -3.55. The molecule has 29 heavy (non-hydrogen) atoms. The van der Waals surface area contributed by atoms with Crippen LogP contribution in [-0.4, -0.2) is 50.0 Å². The summed E-state index contributed by atoms with van der Waals surface area (Å²) < 4.78 is 1.57. The fourth-order valence-corrected chi connectivity index (χ4v) is 3.61. The maximum absolute atomic E-state index is 12.9. The maximum Gasteiger partial charge on any atom is 0.253 e. The molecule has 4 rings (SSSR count). The minimum Gasteiger partial charge on any atom is -0.339 e. The number of aryl methyl sites for hydroxylation is 1. The van der Waals surface area contributed by atoms with E-state index in [1.54, 1.807) is 10.7 Å². The fourth-order valence-electron chi connectivity index (χ4n) is 3.61. The Bertz CT molecular complexity index is 995. The summed E-state index contributed by atoms with van der Waals surface area (Å²) in [6.07, 6.45) is 2.84. The van der Waals surface area contributed by atoms with Crippen molar-refractivity contribution < 1.29 is 9.59 Å². The van der Waals surface area contributed by atoms with Crippen molar-refractivity contribution >= 4 is 17.5 Å². The second kappa shape index (κ2) is 8.22. The highest BCUT2D eigenvalue weighted by Crippen LogP contribution is 2.22. The van der Waals surface area contributed by atoms with Gasteiger partial charge in [-0.05, 0) is 66.1 Å².